The molecular formula is C16H20ClNO2. The lowest BCUT2D eigenvalue weighted by atomic mass is 9.85. The Bertz CT molecular complexity index is 598. The number of halogens is 1. The molecule has 0 fully saturated rings. The van der Waals surface area contributed by atoms with E-state index in [0.717, 1.165) is 17.4 Å². The maximum absolute atomic E-state index is 12.4. The maximum atomic E-state index is 12.4. The van der Waals surface area contributed by atoms with Gasteiger partial charge in [-0.25, -0.2) is 0 Å². The number of carbonyl (C=O) groups excluding carboxylic acids is 1. The average molecular weight is 294 g/mol. The molecule has 0 saturated carbocycles. The number of benzene rings is 1. The molecule has 2 aromatic rings. The van der Waals surface area contributed by atoms with Crippen molar-refractivity contribution < 1.29 is 9.21 Å². The lowest BCUT2D eigenvalue weighted by molar-refractivity contribution is 0.0901. The van der Waals surface area contributed by atoms with Gasteiger partial charge in [0.2, 0.25) is 0 Å². The molecule has 3 nitrogen and oxygen atoms in total. The Morgan fingerprint density at radius 3 is 2.70 bits per heavy atom. The summed E-state index contributed by atoms with van der Waals surface area (Å²) >= 11 is 5.84. The second-order valence-electron chi connectivity index (χ2n) is 6.02. The van der Waals surface area contributed by atoms with Crippen molar-refractivity contribution in [3.8, 4) is 0 Å². The van der Waals surface area contributed by atoms with E-state index in [1.807, 2.05) is 24.3 Å². The van der Waals surface area contributed by atoms with Gasteiger partial charge in [0.1, 0.15) is 11.8 Å². The third-order valence-electron chi connectivity index (χ3n) is 3.47. The van der Waals surface area contributed by atoms with E-state index in [0.29, 0.717) is 11.4 Å². The van der Waals surface area contributed by atoms with E-state index >= 15 is 0 Å². The zero-order chi connectivity index (χ0) is 14.8. The number of furan rings is 1. The Balaban J connectivity index is 2.23. The normalized spacial score (nSPS) is 13.4. The molecule has 0 saturated heterocycles. The summed E-state index contributed by atoms with van der Waals surface area (Å²) in [5, 5.41) is 3.91. The molecule has 1 amide bonds. The number of rotatable bonds is 4. The first-order chi connectivity index (χ1) is 9.43. The van der Waals surface area contributed by atoms with Gasteiger partial charge in [-0.1, -0.05) is 39.0 Å². The van der Waals surface area contributed by atoms with Crippen LogP contribution in [-0.2, 0) is 0 Å². The number of nitrogens with one attached hydrogen (secondary N) is 1. The van der Waals surface area contributed by atoms with Crippen LogP contribution in [0.5, 0.6) is 0 Å². The van der Waals surface area contributed by atoms with Crippen molar-refractivity contribution in [2.45, 2.75) is 33.2 Å². The fourth-order valence-corrected chi connectivity index (χ4v) is 2.44. The summed E-state index contributed by atoms with van der Waals surface area (Å²) in [5.74, 6) is 0.411. The molecule has 0 aliphatic heterocycles. The maximum Gasteiger partial charge on any atom is 0.255 e. The molecule has 0 aliphatic rings. The largest absolute Gasteiger partial charge is 0.463 e. The Morgan fingerprint density at radius 2 is 2.05 bits per heavy atom. The molecule has 0 radical (unpaired) electrons. The number of hydrogen-bond donors (Lipinski definition) is 1. The standard InChI is InChI=1S/C16H20ClNO2/c1-16(2,3)14(8-9-17)18-15(19)12-10-20-13-7-5-4-6-11(12)13/h4-7,10,14H,8-9H2,1-3H3,(H,18,19). The molecular weight excluding hydrogens is 274 g/mol. The molecule has 1 atom stereocenters. The highest BCUT2D eigenvalue weighted by Crippen LogP contribution is 2.25. The van der Waals surface area contributed by atoms with Gasteiger partial charge in [-0.3, -0.25) is 4.79 Å². The van der Waals surface area contributed by atoms with E-state index in [9.17, 15) is 4.79 Å². The zero-order valence-electron chi connectivity index (χ0n) is 12.1. The molecule has 0 bridgehead atoms. The van der Waals surface area contributed by atoms with Crippen LogP contribution in [0.15, 0.2) is 34.9 Å². The number of carbonyl (C=O) groups is 1. The topological polar surface area (TPSA) is 42.2 Å². The number of alkyl halides is 1. The van der Waals surface area contributed by atoms with Gasteiger partial charge < -0.3 is 9.73 Å². The van der Waals surface area contributed by atoms with Crippen LogP contribution in [0.1, 0.15) is 37.6 Å². The second kappa shape index (κ2) is 5.88. The predicted molar refractivity (Wildman–Crippen MR) is 82.3 cm³/mol. The van der Waals surface area contributed by atoms with Gasteiger partial charge in [0.15, 0.2) is 0 Å². The molecule has 108 valence electrons. The van der Waals surface area contributed by atoms with Crippen LogP contribution in [0.3, 0.4) is 0 Å². The Kier molecular flexibility index (Phi) is 4.39. The van der Waals surface area contributed by atoms with Crippen LogP contribution >= 0.6 is 11.6 Å². The molecule has 2 rings (SSSR count). The number of amides is 1. The van der Waals surface area contributed by atoms with Crippen LogP contribution in [0.4, 0.5) is 0 Å². The summed E-state index contributed by atoms with van der Waals surface area (Å²) in [6, 6.07) is 7.56. The van der Waals surface area contributed by atoms with Gasteiger partial charge in [0.05, 0.1) is 5.56 Å². The van der Waals surface area contributed by atoms with Crippen LogP contribution in [-0.4, -0.2) is 17.8 Å². The minimum Gasteiger partial charge on any atom is -0.463 e. The van der Waals surface area contributed by atoms with Gasteiger partial charge in [0.25, 0.3) is 5.91 Å². The zero-order valence-corrected chi connectivity index (χ0v) is 12.8. The highest BCUT2D eigenvalue weighted by atomic mass is 35.5. The predicted octanol–water partition coefficient (Wildman–Crippen LogP) is 4.21. The third-order valence-corrected chi connectivity index (χ3v) is 3.69. The van der Waals surface area contributed by atoms with E-state index < -0.39 is 0 Å². The fraction of sp³-hybridized carbons (Fsp3) is 0.438. The van der Waals surface area contributed by atoms with E-state index in [-0.39, 0.29) is 17.4 Å². The first-order valence-electron chi connectivity index (χ1n) is 6.76. The summed E-state index contributed by atoms with van der Waals surface area (Å²) in [4.78, 5) is 12.4. The first kappa shape index (κ1) is 14.9. The van der Waals surface area contributed by atoms with Crippen molar-refractivity contribution in [3.63, 3.8) is 0 Å². The lowest BCUT2D eigenvalue weighted by Crippen LogP contribution is -2.43. The van der Waals surface area contributed by atoms with E-state index in [1.54, 1.807) is 0 Å². The van der Waals surface area contributed by atoms with Crippen LogP contribution in [0.25, 0.3) is 11.0 Å². The summed E-state index contributed by atoms with van der Waals surface area (Å²) in [5.41, 5.74) is 1.26. The third kappa shape index (κ3) is 3.15. The van der Waals surface area contributed by atoms with Crippen molar-refractivity contribution in [1.29, 1.82) is 0 Å². The Hall–Kier alpha value is -1.48. The van der Waals surface area contributed by atoms with Crippen LogP contribution in [0, 0.1) is 5.41 Å². The SMILES string of the molecule is CC(C)(C)C(CCCl)NC(=O)c1coc2ccccc12. The second-order valence-corrected chi connectivity index (χ2v) is 6.39. The molecule has 1 unspecified atom stereocenters. The summed E-state index contributed by atoms with van der Waals surface area (Å²) in [6.45, 7) is 6.29. The molecule has 1 heterocycles. The lowest BCUT2D eigenvalue weighted by Gasteiger charge is -2.31. The van der Waals surface area contributed by atoms with Crippen molar-refractivity contribution in [1.82, 2.24) is 5.32 Å². The van der Waals surface area contributed by atoms with Gasteiger partial charge in [0, 0.05) is 17.3 Å². The van der Waals surface area contributed by atoms with Gasteiger partial charge in [-0.05, 0) is 17.9 Å². The van der Waals surface area contributed by atoms with Crippen molar-refractivity contribution in [3.05, 3.63) is 36.1 Å². The van der Waals surface area contributed by atoms with Crippen molar-refractivity contribution in [2.75, 3.05) is 5.88 Å². The molecule has 1 aromatic heterocycles. The van der Waals surface area contributed by atoms with E-state index in [1.165, 1.54) is 6.26 Å². The summed E-state index contributed by atoms with van der Waals surface area (Å²) < 4.78 is 5.41. The smallest absolute Gasteiger partial charge is 0.255 e. The molecule has 0 spiro atoms. The first-order valence-corrected chi connectivity index (χ1v) is 7.30. The van der Waals surface area contributed by atoms with Crippen molar-refractivity contribution in [2.24, 2.45) is 5.41 Å². The summed E-state index contributed by atoms with van der Waals surface area (Å²) in [7, 11) is 0. The Labute approximate surface area is 124 Å². The molecule has 4 heteroatoms. The quantitative estimate of drug-likeness (QED) is 0.858. The van der Waals surface area contributed by atoms with Crippen LogP contribution < -0.4 is 5.32 Å². The van der Waals surface area contributed by atoms with E-state index in [4.69, 9.17) is 16.0 Å². The fourth-order valence-electron chi connectivity index (χ4n) is 2.22. The average Bonchev–Trinajstić information content (AvgIpc) is 2.81. The van der Waals surface area contributed by atoms with Crippen LogP contribution in [0.2, 0.25) is 0 Å². The van der Waals surface area contributed by atoms with Gasteiger partial charge in [-0.15, -0.1) is 11.6 Å². The minimum atomic E-state index is -0.111. The monoisotopic (exact) mass is 293 g/mol. The molecule has 1 aromatic carbocycles. The number of fused-ring (bicyclic) bond motifs is 1. The van der Waals surface area contributed by atoms with Crippen molar-refractivity contribution >= 4 is 28.5 Å². The highest BCUT2D eigenvalue weighted by molar-refractivity contribution is 6.17. The molecule has 1 N–H and O–H groups in total. The Morgan fingerprint density at radius 1 is 1.35 bits per heavy atom. The minimum absolute atomic E-state index is 0.0289. The number of para-hydroxylation sites is 1. The van der Waals surface area contributed by atoms with E-state index in [2.05, 4.69) is 26.1 Å². The highest BCUT2D eigenvalue weighted by Gasteiger charge is 2.27. The van der Waals surface area contributed by atoms with Gasteiger partial charge in [-0.2, -0.15) is 0 Å². The van der Waals surface area contributed by atoms with Gasteiger partial charge >= 0.3 is 0 Å². The number of hydrogen-bond acceptors (Lipinski definition) is 2. The summed E-state index contributed by atoms with van der Waals surface area (Å²) in [6.07, 6.45) is 2.26. The molecule has 20 heavy (non-hydrogen) atoms. The molecule has 0 aliphatic carbocycles.